The van der Waals surface area contributed by atoms with E-state index in [4.69, 9.17) is 10.5 Å². The number of imidazole rings is 1. The van der Waals surface area contributed by atoms with Gasteiger partial charge in [-0.1, -0.05) is 0 Å². The molecule has 13 heteroatoms. The molecule has 1 atom stereocenters. The number of halogens is 3. The standard InChI is InChI=1S/C23H19F3N8O2/c1-22(14-3-2-12(24)8-29-14)15-16(27)31-17(32-18(15)33-21(22)35)13-9-34-5-4-28-19(34)20(30-13)36-10-11-6-23(25,26)7-11/h2-5,8-9,11H,6-7,10H2,1H3,(H3,27,31,32,33,35). The maximum atomic E-state index is 13.4. The molecule has 1 amide bonds. The Bertz CT molecular complexity index is 1520. The van der Waals surface area contributed by atoms with Crippen molar-refractivity contribution in [3.8, 4) is 17.4 Å². The van der Waals surface area contributed by atoms with Crippen LogP contribution in [0.2, 0.25) is 0 Å². The Kier molecular flexibility index (Phi) is 4.69. The lowest BCUT2D eigenvalue weighted by molar-refractivity contribution is -0.119. The van der Waals surface area contributed by atoms with Crippen molar-refractivity contribution in [2.75, 3.05) is 17.7 Å². The largest absolute Gasteiger partial charge is 0.475 e. The van der Waals surface area contributed by atoms with Gasteiger partial charge in [-0.05, 0) is 19.1 Å². The van der Waals surface area contributed by atoms with Crippen molar-refractivity contribution < 1.29 is 22.7 Å². The van der Waals surface area contributed by atoms with Gasteiger partial charge in [-0.3, -0.25) is 9.78 Å². The number of hydrogen-bond acceptors (Lipinski definition) is 8. The van der Waals surface area contributed by atoms with Gasteiger partial charge in [0, 0.05) is 37.4 Å². The van der Waals surface area contributed by atoms with Crippen molar-refractivity contribution in [2.24, 2.45) is 5.92 Å². The van der Waals surface area contributed by atoms with E-state index >= 15 is 0 Å². The van der Waals surface area contributed by atoms with Gasteiger partial charge in [-0.2, -0.15) is 0 Å². The molecular weight excluding hydrogens is 477 g/mol. The molecule has 184 valence electrons. The fourth-order valence-electron chi connectivity index (χ4n) is 4.65. The number of rotatable bonds is 5. The summed E-state index contributed by atoms with van der Waals surface area (Å²) in [4.78, 5) is 34.6. The van der Waals surface area contributed by atoms with Crippen LogP contribution in [0.25, 0.3) is 17.2 Å². The van der Waals surface area contributed by atoms with Crippen LogP contribution in [0, 0.1) is 11.7 Å². The number of amides is 1. The molecule has 1 aliphatic heterocycles. The van der Waals surface area contributed by atoms with Crippen LogP contribution in [0.5, 0.6) is 5.88 Å². The van der Waals surface area contributed by atoms with E-state index in [-0.39, 0.29) is 54.4 Å². The molecular formula is C23H19F3N8O2. The van der Waals surface area contributed by atoms with E-state index in [0.717, 1.165) is 6.20 Å². The average molecular weight is 496 g/mol. The quantitative estimate of drug-likeness (QED) is 0.431. The lowest BCUT2D eigenvalue weighted by Crippen LogP contribution is -2.38. The van der Waals surface area contributed by atoms with Crippen LogP contribution < -0.4 is 15.8 Å². The van der Waals surface area contributed by atoms with E-state index in [2.05, 4.69) is 30.2 Å². The summed E-state index contributed by atoms with van der Waals surface area (Å²) in [5, 5.41) is 2.71. The Hall–Kier alpha value is -4.29. The number of hydrogen-bond donors (Lipinski definition) is 2. The molecule has 0 radical (unpaired) electrons. The van der Waals surface area contributed by atoms with Crippen LogP contribution in [0.4, 0.5) is 24.8 Å². The molecule has 4 aromatic rings. The van der Waals surface area contributed by atoms with Crippen LogP contribution in [0.15, 0.2) is 36.9 Å². The van der Waals surface area contributed by atoms with E-state index < -0.39 is 23.1 Å². The third-order valence-electron chi connectivity index (χ3n) is 6.57. The highest BCUT2D eigenvalue weighted by atomic mass is 19.3. The number of carbonyl (C=O) groups is 1. The molecule has 2 aliphatic rings. The Morgan fingerprint density at radius 2 is 2.03 bits per heavy atom. The number of fused-ring (bicyclic) bond motifs is 2. The number of aromatic nitrogens is 6. The molecule has 0 bridgehead atoms. The van der Waals surface area contributed by atoms with E-state index in [9.17, 15) is 18.0 Å². The van der Waals surface area contributed by atoms with E-state index in [0.29, 0.717) is 16.9 Å². The van der Waals surface area contributed by atoms with Crippen LogP contribution in [0.3, 0.4) is 0 Å². The maximum absolute atomic E-state index is 13.4. The smallest absolute Gasteiger partial charge is 0.259 e. The zero-order chi connectivity index (χ0) is 25.2. The summed E-state index contributed by atoms with van der Waals surface area (Å²) < 4.78 is 47.2. The lowest BCUT2D eigenvalue weighted by atomic mass is 9.81. The fraction of sp³-hybridized carbons (Fsp3) is 0.304. The van der Waals surface area contributed by atoms with Gasteiger partial charge in [0.1, 0.15) is 28.6 Å². The van der Waals surface area contributed by atoms with E-state index in [1.807, 2.05) is 0 Å². The predicted octanol–water partition coefficient (Wildman–Crippen LogP) is 2.98. The Labute approximate surface area is 201 Å². The maximum Gasteiger partial charge on any atom is 0.259 e. The zero-order valence-electron chi connectivity index (χ0n) is 18.9. The fourth-order valence-corrected chi connectivity index (χ4v) is 4.65. The number of nitrogens with zero attached hydrogens (tertiary/aromatic N) is 6. The minimum absolute atomic E-state index is 0.0219. The first-order valence-electron chi connectivity index (χ1n) is 11.1. The normalized spacial score (nSPS) is 20.7. The molecule has 1 aliphatic carbocycles. The first-order valence-corrected chi connectivity index (χ1v) is 11.1. The van der Waals surface area contributed by atoms with Gasteiger partial charge in [0.05, 0.1) is 24.1 Å². The minimum atomic E-state index is -2.65. The van der Waals surface area contributed by atoms with Gasteiger partial charge in [0.15, 0.2) is 5.82 Å². The third kappa shape index (κ3) is 3.41. The minimum Gasteiger partial charge on any atom is -0.475 e. The summed E-state index contributed by atoms with van der Waals surface area (Å²) in [6.45, 7) is 1.68. The van der Waals surface area contributed by atoms with Gasteiger partial charge in [-0.25, -0.2) is 33.1 Å². The summed E-state index contributed by atoms with van der Waals surface area (Å²) in [6.07, 6.45) is 5.39. The van der Waals surface area contributed by atoms with Crippen LogP contribution >= 0.6 is 0 Å². The number of nitrogen functional groups attached to an aromatic ring is 1. The number of pyridine rings is 1. The SMILES string of the molecule is CC1(c2ccc(F)cn2)C(=O)Nc2nc(-c3cn4ccnc4c(OCC4CC(F)(F)C4)n3)nc(N)c21. The number of nitrogens with two attached hydrogens (primary N) is 1. The number of alkyl halides is 2. The molecule has 36 heavy (non-hydrogen) atoms. The zero-order valence-corrected chi connectivity index (χ0v) is 18.9. The molecule has 3 N–H and O–H groups in total. The molecule has 0 spiro atoms. The van der Waals surface area contributed by atoms with Crippen molar-refractivity contribution >= 4 is 23.2 Å². The van der Waals surface area contributed by atoms with Gasteiger partial charge < -0.3 is 20.2 Å². The summed E-state index contributed by atoms with van der Waals surface area (Å²) >= 11 is 0. The van der Waals surface area contributed by atoms with Crippen LogP contribution in [-0.2, 0) is 10.2 Å². The third-order valence-corrected chi connectivity index (χ3v) is 6.57. The Balaban J connectivity index is 1.37. The molecule has 4 aromatic heterocycles. The summed E-state index contributed by atoms with van der Waals surface area (Å²) in [5.41, 5.74) is 6.26. The van der Waals surface area contributed by atoms with E-state index in [1.165, 1.54) is 12.1 Å². The van der Waals surface area contributed by atoms with Crippen molar-refractivity contribution in [3.05, 3.63) is 54.0 Å². The molecule has 5 heterocycles. The lowest BCUT2D eigenvalue weighted by Gasteiger charge is -2.34. The van der Waals surface area contributed by atoms with Crippen molar-refractivity contribution in [1.29, 1.82) is 0 Å². The average Bonchev–Trinajstić information content (AvgIpc) is 3.39. The molecule has 1 unspecified atom stereocenters. The molecule has 6 rings (SSSR count). The first kappa shape index (κ1) is 22.2. The Morgan fingerprint density at radius 3 is 2.75 bits per heavy atom. The highest BCUT2D eigenvalue weighted by molar-refractivity contribution is 6.08. The van der Waals surface area contributed by atoms with Crippen LogP contribution in [-0.4, -0.2) is 47.8 Å². The summed E-state index contributed by atoms with van der Waals surface area (Å²) in [5.74, 6) is -3.45. The van der Waals surface area contributed by atoms with Gasteiger partial charge in [0.2, 0.25) is 17.5 Å². The molecule has 0 saturated heterocycles. The molecule has 1 fully saturated rings. The van der Waals surface area contributed by atoms with Crippen molar-refractivity contribution in [3.63, 3.8) is 0 Å². The Morgan fingerprint density at radius 1 is 1.22 bits per heavy atom. The number of ether oxygens (including phenoxy) is 1. The van der Waals surface area contributed by atoms with E-state index in [1.54, 1.807) is 29.9 Å². The van der Waals surface area contributed by atoms with Crippen molar-refractivity contribution in [2.45, 2.75) is 31.1 Å². The first-order chi connectivity index (χ1) is 17.1. The van der Waals surface area contributed by atoms with Crippen LogP contribution in [0.1, 0.15) is 31.0 Å². The molecule has 1 saturated carbocycles. The monoisotopic (exact) mass is 496 g/mol. The second kappa shape index (κ2) is 7.60. The topological polar surface area (TPSA) is 133 Å². The van der Waals surface area contributed by atoms with Gasteiger partial charge in [0.25, 0.3) is 5.88 Å². The van der Waals surface area contributed by atoms with Crippen molar-refractivity contribution in [1.82, 2.24) is 29.3 Å². The highest BCUT2D eigenvalue weighted by Gasteiger charge is 2.49. The second-order valence-electron chi connectivity index (χ2n) is 9.13. The summed E-state index contributed by atoms with van der Waals surface area (Å²) in [7, 11) is 0. The second-order valence-corrected chi connectivity index (χ2v) is 9.13. The predicted molar refractivity (Wildman–Crippen MR) is 121 cm³/mol. The molecule has 0 aromatic carbocycles. The van der Waals surface area contributed by atoms with Gasteiger partial charge in [-0.15, -0.1) is 0 Å². The number of nitrogens with one attached hydrogen (secondary N) is 1. The number of anilines is 2. The number of carbonyl (C=O) groups excluding carboxylic acids is 1. The molecule has 10 nitrogen and oxygen atoms in total. The summed E-state index contributed by atoms with van der Waals surface area (Å²) in [6, 6.07) is 2.62. The van der Waals surface area contributed by atoms with Gasteiger partial charge >= 0.3 is 0 Å². The highest BCUT2D eigenvalue weighted by Crippen LogP contribution is 2.45.